The van der Waals surface area contributed by atoms with Crippen molar-refractivity contribution in [3.8, 4) is 11.1 Å². The maximum Gasteiger partial charge on any atom is 0.0384 e. The average Bonchev–Trinajstić information content (AvgIpc) is 2.89. The first kappa shape index (κ1) is 20.5. The second-order valence-corrected chi connectivity index (χ2v) is 9.16. The summed E-state index contributed by atoms with van der Waals surface area (Å²) in [6.07, 6.45) is 6.95. The van der Waals surface area contributed by atoms with E-state index in [1.54, 1.807) is 0 Å². The van der Waals surface area contributed by atoms with Gasteiger partial charge in [0, 0.05) is 17.3 Å². The molecule has 0 saturated carbocycles. The van der Waals surface area contributed by atoms with E-state index in [-0.39, 0.29) is 0 Å². The molecule has 5 aromatic carbocycles. The SMILES string of the molecule is CC1C=C(Nc2ccc(-c3ccccc3)cc2)C=CC1c1cccc2c1ccc1ccccc12. The maximum absolute atomic E-state index is 3.60. The van der Waals surface area contributed by atoms with Gasteiger partial charge in [0.25, 0.3) is 0 Å². The lowest BCUT2D eigenvalue weighted by molar-refractivity contribution is 0.634. The van der Waals surface area contributed by atoms with Gasteiger partial charge in [-0.1, -0.05) is 116 Å². The quantitative estimate of drug-likeness (QED) is 0.277. The molecule has 1 nitrogen and oxygen atoms in total. The molecule has 1 aliphatic rings. The normalized spacial score (nSPS) is 17.6. The number of hydrogen-bond donors (Lipinski definition) is 1. The highest BCUT2D eigenvalue weighted by atomic mass is 14.9. The Hall–Kier alpha value is -4.10. The molecule has 0 spiro atoms. The van der Waals surface area contributed by atoms with Crippen LogP contribution in [0.2, 0.25) is 0 Å². The summed E-state index contributed by atoms with van der Waals surface area (Å²) < 4.78 is 0. The van der Waals surface area contributed by atoms with Gasteiger partial charge in [-0.3, -0.25) is 0 Å². The second-order valence-electron chi connectivity index (χ2n) is 9.16. The van der Waals surface area contributed by atoms with Gasteiger partial charge < -0.3 is 5.32 Å². The Morgan fingerprint density at radius 3 is 2.15 bits per heavy atom. The van der Waals surface area contributed by atoms with Crippen molar-refractivity contribution in [3.63, 3.8) is 0 Å². The van der Waals surface area contributed by atoms with Gasteiger partial charge in [0.15, 0.2) is 0 Å². The topological polar surface area (TPSA) is 12.0 Å². The zero-order valence-corrected chi connectivity index (χ0v) is 19.3. The van der Waals surface area contributed by atoms with Gasteiger partial charge in [0.2, 0.25) is 0 Å². The van der Waals surface area contributed by atoms with E-state index in [9.17, 15) is 0 Å². The van der Waals surface area contributed by atoms with Crippen LogP contribution in [-0.4, -0.2) is 0 Å². The Kier molecular flexibility index (Phi) is 5.24. The Balaban J connectivity index is 1.25. The summed E-state index contributed by atoms with van der Waals surface area (Å²) in [7, 11) is 0. The minimum Gasteiger partial charge on any atom is -0.356 e. The van der Waals surface area contributed by atoms with E-state index in [4.69, 9.17) is 0 Å². The van der Waals surface area contributed by atoms with Crippen LogP contribution in [0.5, 0.6) is 0 Å². The van der Waals surface area contributed by atoms with Crippen LogP contribution in [0.15, 0.2) is 133 Å². The molecular weight excluding hydrogens is 410 g/mol. The van der Waals surface area contributed by atoms with Gasteiger partial charge in [-0.05, 0) is 62.4 Å². The molecule has 0 saturated heterocycles. The zero-order valence-electron chi connectivity index (χ0n) is 19.3. The van der Waals surface area contributed by atoms with E-state index in [0.29, 0.717) is 11.8 Å². The number of rotatable bonds is 4. The lowest BCUT2D eigenvalue weighted by atomic mass is 9.81. The predicted molar refractivity (Wildman–Crippen MR) is 146 cm³/mol. The van der Waals surface area contributed by atoms with Crippen LogP contribution in [0.1, 0.15) is 18.4 Å². The Bertz CT molecular complexity index is 1520. The highest BCUT2D eigenvalue weighted by molar-refractivity contribution is 6.08. The fraction of sp³-hybridized carbons (Fsp3) is 0.0909. The first-order valence-electron chi connectivity index (χ1n) is 12.0. The smallest absolute Gasteiger partial charge is 0.0384 e. The van der Waals surface area contributed by atoms with E-state index in [1.165, 1.54) is 38.2 Å². The van der Waals surface area contributed by atoms with Crippen molar-refractivity contribution in [2.24, 2.45) is 5.92 Å². The van der Waals surface area contributed by atoms with Crippen molar-refractivity contribution in [3.05, 3.63) is 139 Å². The first-order chi connectivity index (χ1) is 16.8. The molecule has 1 heteroatoms. The third-order valence-corrected chi connectivity index (χ3v) is 6.95. The van der Waals surface area contributed by atoms with Crippen molar-refractivity contribution in [1.29, 1.82) is 0 Å². The molecular formula is C33H27N. The number of hydrogen-bond acceptors (Lipinski definition) is 1. The van der Waals surface area contributed by atoms with E-state index in [0.717, 1.165) is 11.4 Å². The molecule has 0 aliphatic heterocycles. The summed E-state index contributed by atoms with van der Waals surface area (Å²) in [5.41, 5.74) is 6.13. The number of benzene rings is 5. The molecule has 6 rings (SSSR count). The summed E-state index contributed by atoms with van der Waals surface area (Å²) in [5.74, 6) is 0.754. The molecule has 0 fully saturated rings. The average molecular weight is 438 g/mol. The number of anilines is 1. The van der Waals surface area contributed by atoms with Crippen molar-refractivity contribution in [2.75, 3.05) is 5.32 Å². The molecule has 164 valence electrons. The molecule has 34 heavy (non-hydrogen) atoms. The van der Waals surface area contributed by atoms with E-state index in [2.05, 4.69) is 140 Å². The lowest BCUT2D eigenvalue weighted by Crippen LogP contribution is -2.12. The van der Waals surface area contributed by atoms with E-state index < -0.39 is 0 Å². The van der Waals surface area contributed by atoms with Crippen LogP contribution in [0.3, 0.4) is 0 Å². The van der Waals surface area contributed by atoms with Crippen molar-refractivity contribution >= 4 is 27.2 Å². The highest BCUT2D eigenvalue weighted by Crippen LogP contribution is 2.38. The molecule has 0 heterocycles. The van der Waals surface area contributed by atoms with Gasteiger partial charge in [-0.2, -0.15) is 0 Å². The summed E-state index contributed by atoms with van der Waals surface area (Å²) in [6.45, 7) is 2.31. The summed E-state index contributed by atoms with van der Waals surface area (Å²) in [6, 6.07) is 39.1. The first-order valence-corrected chi connectivity index (χ1v) is 12.0. The number of fused-ring (bicyclic) bond motifs is 3. The van der Waals surface area contributed by atoms with Crippen LogP contribution in [-0.2, 0) is 0 Å². The largest absolute Gasteiger partial charge is 0.356 e. The van der Waals surface area contributed by atoms with Crippen molar-refractivity contribution in [1.82, 2.24) is 0 Å². The van der Waals surface area contributed by atoms with E-state index in [1.807, 2.05) is 0 Å². The maximum atomic E-state index is 3.60. The van der Waals surface area contributed by atoms with Crippen LogP contribution in [0.4, 0.5) is 5.69 Å². The molecule has 1 N–H and O–H groups in total. The highest BCUT2D eigenvalue weighted by Gasteiger charge is 2.21. The van der Waals surface area contributed by atoms with Gasteiger partial charge in [-0.25, -0.2) is 0 Å². The fourth-order valence-corrected chi connectivity index (χ4v) is 5.19. The minimum atomic E-state index is 0.357. The predicted octanol–water partition coefficient (Wildman–Crippen LogP) is 8.95. The Labute approximate surface area is 201 Å². The molecule has 0 aromatic heterocycles. The van der Waals surface area contributed by atoms with Crippen LogP contribution < -0.4 is 5.32 Å². The standard InChI is InChI=1S/C33H27N/c1-23-22-28(34-27-17-14-25(15-18-27)24-8-3-2-4-9-24)19-21-29(23)31-12-7-13-32-30-11-6-5-10-26(30)16-20-33(31)32/h2-23,29,34H,1H3. The zero-order chi connectivity index (χ0) is 22.9. The third kappa shape index (κ3) is 3.80. The van der Waals surface area contributed by atoms with Gasteiger partial charge >= 0.3 is 0 Å². The molecule has 2 unspecified atom stereocenters. The van der Waals surface area contributed by atoms with Crippen LogP contribution in [0.25, 0.3) is 32.7 Å². The monoisotopic (exact) mass is 437 g/mol. The van der Waals surface area contributed by atoms with Gasteiger partial charge in [0.05, 0.1) is 0 Å². The molecule has 0 bridgehead atoms. The van der Waals surface area contributed by atoms with Crippen LogP contribution in [0, 0.1) is 5.92 Å². The number of nitrogens with one attached hydrogen (secondary N) is 1. The Morgan fingerprint density at radius 2 is 1.32 bits per heavy atom. The van der Waals surface area contributed by atoms with Crippen molar-refractivity contribution in [2.45, 2.75) is 12.8 Å². The van der Waals surface area contributed by atoms with Crippen molar-refractivity contribution < 1.29 is 0 Å². The number of allylic oxidation sites excluding steroid dienone is 3. The summed E-state index contributed by atoms with van der Waals surface area (Å²) in [5, 5.41) is 8.90. The van der Waals surface area contributed by atoms with E-state index >= 15 is 0 Å². The molecule has 0 amide bonds. The third-order valence-electron chi connectivity index (χ3n) is 6.95. The summed E-state index contributed by atoms with van der Waals surface area (Å²) in [4.78, 5) is 0. The second kappa shape index (κ2) is 8.68. The molecule has 2 atom stereocenters. The molecule has 0 radical (unpaired) electrons. The van der Waals surface area contributed by atoms with Gasteiger partial charge in [-0.15, -0.1) is 0 Å². The summed E-state index contributed by atoms with van der Waals surface area (Å²) >= 11 is 0. The molecule has 1 aliphatic carbocycles. The van der Waals surface area contributed by atoms with Crippen LogP contribution >= 0.6 is 0 Å². The van der Waals surface area contributed by atoms with Gasteiger partial charge in [0.1, 0.15) is 0 Å². The molecule has 5 aromatic rings. The minimum absolute atomic E-state index is 0.357. The lowest BCUT2D eigenvalue weighted by Gasteiger charge is -2.25. The Morgan fingerprint density at radius 1 is 0.588 bits per heavy atom. The fourth-order valence-electron chi connectivity index (χ4n) is 5.19.